The zero-order chi connectivity index (χ0) is 11.7. The van der Waals surface area contributed by atoms with E-state index in [2.05, 4.69) is 33.4 Å². The fraction of sp³-hybridized carbons (Fsp3) is 0.714. The molecule has 94 valence electrons. The van der Waals surface area contributed by atoms with E-state index in [-0.39, 0.29) is 0 Å². The van der Waals surface area contributed by atoms with Gasteiger partial charge >= 0.3 is 0 Å². The number of nitrogens with one attached hydrogen (secondary N) is 1. The van der Waals surface area contributed by atoms with Crippen molar-refractivity contribution in [1.82, 2.24) is 5.32 Å². The molecule has 3 heteroatoms. The monoisotopic (exact) mass is 313 g/mol. The van der Waals surface area contributed by atoms with Crippen LogP contribution in [0, 0.1) is 11.8 Å². The van der Waals surface area contributed by atoms with Gasteiger partial charge in [-0.15, -0.1) is 11.3 Å². The molecule has 0 aromatic carbocycles. The molecule has 0 amide bonds. The molecule has 0 radical (unpaired) electrons. The van der Waals surface area contributed by atoms with E-state index in [9.17, 15) is 0 Å². The van der Waals surface area contributed by atoms with Gasteiger partial charge in [-0.3, -0.25) is 0 Å². The van der Waals surface area contributed by atoms with Gasteiger partial charge < -0.3 is 5.32 Å². The van der Waals surface area contributed by atoms with Crippen LogP contribution in [0.15, 0.2) is 15.9 Å². The average molecular weight is 314 g/mol. The van der Waals surface area contributed by atoms with E-state index >= 15 is 0 Å². The van der Waals surface area contributed by atoms with Crippen LogP contribution in [0.2, 0.25) is 0 Å². The molecule has 0 aliphatic heterocycles. The Balaban J connectivity index is 1.47. The van der Waals surface area contributed by atoms with E-state index in [1.54, 1.807) is 0 Å². The Kier molecular flexibility index (Phi) is 3.88. The minimum Gasteiger partial charge on any atom is -0.309 e. The fourth-order valence-corrected chi connectivity index (χ4v) is 4.53. The lowest BCUT2D eigenvalue weighted by Crippen LogP contribution is -2.34. The van der Waals surface area contributed by atoms with Gasteiger partial charge in [0.05, 0.1) is 3.79 Å². The molecule has 1 nitrogen and oxygen atoms in total. The zero-order valence-electron chi connectivity index (χ0n) is 10.1. The van der Waals surface area contributed by atoms with Crippen LogP contribution < -0.4 is 5.32 Å². The summed E-state index contributed by atoms with van der Waals surface area (Å²) in [5, 5.41) is 3.75. The van der Waals surface area contributed by atoms with E-state index in [0.717, 1.165) is 24.4 Å². The van der Waals surface area contributed by atoms with Crippen LogP contribution in [0.4, 0.5) is 0 Å². The Morgan fingerprint density at radius 2 is 2.06 bits per heavy atom. The maximum atomic E-state index is 3.75. The molecular formula is C14H20BrNS. The molecule has 0 spiro atoms. The molecule has 2 aliphatic rings. The van der Waals surface area contributed by atoms with Crippen molar-refractivity contribution >= 4 is 27.3 Å². The highest BCUT2D eigenvalue weighted by molar-refractivity contribution is 9.11. The second-order valence-electron chi connectivity index (χ2n) is 5.55. The molecule has 2 saturated carbocycles. The Morgan fingerprint density at radius 3 is 2.76 bits per heavy atom. The molecule has 1 aromatic heterocycles. The highest BCUT2D eigenvalue weighted by Crippen LogP contribution is 2.43. The molecule has 2 unspecified atom stereocenters. The average Bonchev–Trinajstić information content (AvgIpc) is 3.11. The maximum Gasteiger partial charge on any atom is 0.0701 e. The van der Waals surface area contributed by atoms with Gasteiger partial charge in [-0.2, -0.15) is 0 Å². The third-order valence-electron chi connectivity index (χ3n) is 4.20. The number of hydrogen-bond donors (Lipinski definition) is 1. The first kappa shape index (κ1) is 12.2. The van der Waals surface area contributed by atoms with Gasteiger partial charge in [-0.1, -0.05) is 12.8 Å². The first-order chi connectivity index (χ1) is 8.31. The van der Waals surface area contributed by atoms with E-state index < -0.39 is 0 Å². The van der Waals surface area contributed by atoms with Crippen molar-refractivity contribution in [3.63, 3.8) is 0 Å². The van der Waals surface area contributed by atoms with Gasteiger partial charge in [-0.05, 0) is 65.6 Å². The Bertz CT molecular complexity index is 372. The lowest BCUT2D eigenvalue weighted by molar-refractivity contribution is 0.260. The fourth-order valence-electron chi connectivity index (χ4n) is 3.10. The summed E-state index contributed by atoms with van der Waals surface area (Å²) < 4.78 is 1.24. The van der Waals surface area contributed by atoms with Crippen molar-refractivity contribution < 1.29 is 0 Å². The molecule has 3 rings (SSSR count). The number of hydrogen-bond acceptors (Lipinski definition) is 2. The summed E-state index contributed by atoms with van der Waals surface area (Å²) in [6, 6.07) is 5.15. The molecule has 2 fully saturated rings. The Morgan fingerprint density at radius 1 is 1.18 bits per heavy atom. The van der Waals surface area contributed by atoms with Crippen LogP contribution in [0.3, 0.4) is 0 Å². The summed E-state index contributed by atoms with van der Waals surface area (Å²) in [6.07, 6.45) is 8.76. The highest BCUT2D eigenvalue weighted by Gasteiger charge is 2.34. The lowest BCUT2D eigenvalue weighted by atomic mass is 9.83. The number of rotatable bonds is 4. The van der Waals surface area contributed by atoms with E-state index in [0.29, 0.717) is 0 Å². The zero-order valence-corrected chi connectivity index (χ0v) is 12.5. The predicted octanol–water partition coefficient (Wildman–Crippen LogP) is 4.57. The topological polar surface area (TPSA) is 12.0 Å². The molecular weight excluding hydrogens is 294 g/mol. The number of thiophene rings is 1. The summed E-state index contributed by atoms with van der Waals surface area (Å²) in [5.74, 6) is 2.13. The SMILES string of the molecule is Brc1ccc(CNC2CCCC(C3CC3)C2)s1. The Labute approximate surface area is 116 Å². The standard InChI is InChI=1S/C14H20BrNS/c15-14-7-6-13(17-14)9-16-12-3-1-2-11(8-12)10-4-5-10/h6-7,10-12,16H,1-5,8-9H2. The summed E-state index contributed by atoms with van der Waals surface area (Å²) in [7, 11) is 0. The van der Waals surface area contributed by atoms with E-state index in [4.69, 9.17) is 0 Å². The van der Waals surface area contributed by atoms with E-state index in [1.165, 1.54) is 47.2 Å². The smallest absolute Gasteiger partial charge is 0.0701 e. The summed E-state index contributed by atoms with van der Waals surface area (Å²) in [4.78, 5) is 1.45. The minimum atomic E-state index is 0.773. The molecule has 2 atom stereocenters. The van der Waals surface area contributed by atoms with Gasteiger partial charge in [0.25, 0.3) is 0 Å². The van der Waals surface area contributed by atoms with Crippen molar-refractivity contribution in [2.75, 3.05) is 0 Å². The summed E-state index contributed by atoms with van der Waals surface area (Å²) in [5.41, 5.74) is 0. The van der Waals surface area contributed by atoms with Gasteiger partial charge in [0.1, 0.15) is 0 Å². The third-order valence-corrected chi connectivity index (χ3v) is 5.82. The molecule has 0 bridgehead atoms. The second-order valence-corrected chi connectivity index (χ2v) is 8.10. The van der Waals surface area contributed by atoms with Crippen LogP contribution in [-0.2, 0) is 6.54 Å². The third kappa shape index (κ3) is 3.33. The maximum absolute atomic E-state index is 3.75. The highest BCUT2D eigenvalue weighted by atomic mass is 79.9. The van der Waals surface area contributed by atoms with Crippen LogP contribution in [-0.4, -0.2) is 6.04 Å². The van der Waals surface area contributed by atoms with E-state index in [1.807, 2.05) is 11.3 Å². The number of halogens is 1. The van der Waals surface area contributed by atoms with Crippen LogP contribution >= 0.6 is 27.3 Å². The first-order valence-corrected chi connectivity index (χ1v) is 8.40. The first-order valence-electron chi connectivity index (χ1n) is 6.79. The largest absolute Gasteiger partial charge is 0.309 e. The lowest BCUT2D eigenvalue weighted by Gasteiger charge is -2.29. The predicted molar refractivity (Wildman–Crippen MR) is 77.3 cm³/mol. The van der Waals surface area contributed by atoms with Crippen LogP contribution in [0.5, 0.6) is 0 Å². The van der Waals surface area contributed by atoms with Gasteiger partial charge in [0.2, 0.25) is 0 Å². The summed E-state index contributed by atoms with van der Waals surface area (Å²) in [6.45, 7) is 1.05. The van der Waals surface area contributed by atoms with Crippen LogP contribution in [0.25, 0.3) is 0 Å². The van der Waals surface area contributed by atoms with Gasteiger partial charge in [0, 0.05) is 17.5 Å². The van der Waals surface area contributed by atoms with Crippen LogP contribution in [0.1, 0.15) is 43.4 Å². The normalized spacial score (nSPS) is 29.5. The summed E-state index contributed by atoms with van der Waals surface area (Å²) >= 11 is 5.38. The molecule has 0 saturated heterocycles. The van der Waals surface area contributed by atoms with Crippen molar-refractivity contribution in [2.45, 2.75) is 51.1 Å². The van der Waals surface area contributed by atoms with Crippen molar-refractivity contribution in [2.24, 2.45) is 11.8 Å². The quantitative estimate of drug-likeness (QED) is 0.858. The van der Waals surface area contributed by atoms with Crippen molar-refractivity contribution in [1.29, 1.82) is 0 Å². The molecule has 2 aliphatic carbocycles. The molecule has 17 heavy (non-hydrogen) atoms. The Hall–Kier alpha value is 0.140. The molecule has 1 heterocycles. The second kappa shape index (κ2) is 5.41. The molecule has 1 aromatic rings. The minimum absolute atomic E-state index is 0.773. The van der Waals surface area contributed by atoms with Crippen molar-refractivity contribution in [3.05, 3.63) is 20.8 Å². The van der Waals surface area contributed by atoms with Crippen molar-refractivity contribution in [3.8, 4) is 0 Å². The molecule has 1 N–H and O–H groups in total. The van der Waals surface area contributed by atoms with Gasteiger partial charge in [-0.25, -0.2) is 0 Å². The van der Waals surface area contributed by atoms with Gasteiger partial charge in [0.15, 0.2) is 0 Å².